The van der Waals surface area contributed by atoms with E-state index < -0.39 is 0 Å². The van der Waals surface area contributed by atoms with Crippen molar-refractivity contribution in [1.29, 1.82) is 0 Å². The molecule has 0 aliphatic heterocycles. The summed E-state index contributed by atoms with van der Waals surface area (Å²) in [6.45, 7) is 0. The first kappa shape index (κ1) is 9.86. The molecule has 0 saturated carbocycles. The summed E-state index contributed by atoms with van der Waals surface area (Å²) < 4.78 is 7.80. The summed E-state index contributed by atoms with van der Waals surface area (Å²) in [6, 6.07) is 9.05. The number of aromatic nitrogens is 3. The molecule has 0 bridgehead atoms. The standard InChI is InChI=1S/C10H5BrClN3O/c11-7-5-4-6(16-7)10-14-13-9-3-1-2-8(12)15(9)10/h1-5H. The second-order valence-corrected chi connectivity index (χ2v) is 4.34. The zero-order valence-corrected chi connectivity index (χ0v) is 10.2. The number of nitrogens with zero attached hydrogens (tertiary/aromatic N) is 3. The van der Waals surface area contributed by atoms with Gasteiger partial charge in [0.25, 0.3) is 0 Å². The van der Waals surface area contributed by atoms with E-state index in [2.05, 4.69) is 26.1 Å². The molecule has 3 aromatic heterocycles. The van der Waals surface area contributed by atoms with Crippen LogP contribution in [0.15, 0.2) is 39.4 Å². The minimum absolute atomic E-state index is 0.546. The Bertz CT molecular complexity index is 661. The van der Waals surface area contributed by atoms with E-state index in [-0.39, 0.29) is 0 Å². The smallest absolute Gasteiger partial charge is 0.205 e. The van der Waals surface area contributed by atoms with Gasteiger partial charge in [0.15, 0.2) is 16.1 Å². The van der Waals surface area contributed by atoms with Gasteiger partial charge in [0.1, 0.15) is 5.15 Å². The summed E-state index contributed by atoms with van der Waals surface area (Å²) in [5, 5.41) is 8.62. The normalized spacial score (nSPS) is 11.1. The van der Waals surface area contributed by atoms with Crippen LogP contribution in [0.5, 0.6) is 0 Å². The van der Waals surface area contributed by atoms with Gasteiger partial charge < -0.3 is 4.42 Å². The van der Waals surface area contributed by atoms with Gasteiger partial charge in [-0.15, -0.1) is 10.2 Å². The fraction of sp³-hybridized carbons (Fsp3) is 0. The molecule has 0 amide bonds. The Hall–Kier alpha value is -1.33. The molecule has 3 aromatic rings. The molecule has 0 saturated heterocycles. The zero-order chi connectivity index (χ0) is 11.1. The zero-order valence-electron chi connectivity index (χ0n) is 7.89. The van der Waals surface area contributed by atoms with Gasteiger partial charge in [0, 0.05) is 0 Å². The fourth-order valence-corrected chi connectivity index (χ4v) is 2.04. The molecule has 0 spiro atoms. The maximum absolute atomic E-state index is 6.09. The monoisotopic (exact) mass is 297 g/mol. The average molecular weight is 299 g/mol. The lowest BCUT2D eigenvalue weighted by Gasteiger charge is -1.98. The predicted octanol–water partition coefficient (Wildman–Crippen LogP) is 3.41. The lowest BCUT2D eigenvalue weighted by Crippen LogP contribution is -1.89. The van der Waals surface area contributed by atoms with E-state index in [0.717, 1.165) is 0 Å². The number of hydrogen-bond donors (Lipinski definition) is 0. The fourth-order valence-electron chi connectivity index (χ4n) is 1.50. The van der Waals surface area contributed by atoms with Crippen molar-refractivity contribution >= 4 is 33.2 Å². The molecule has 80 valence electrons. The summed E-state index contributed by atoms with van der Waals surface area (Å²) in [5.41, 5.74) is 0.690. The van der Waals surface area contributed by atoms with Crippen molar-refractivity contribution in [1.82, 2.24) is 14.6 Å². The molecule has 0 radical (unpaired) electrons. The Morgan fingerprint density at radius 3 is 2.81 bits per heavy atom. The first-order valence-corrected chi connectivity index (χ1v) is 5.68. The van der Waals surface area contributed by atoms with Crippen molar-refractivity contribution in [2.24, 2.45) is 0 Å². The van der Waals surface area contributed by atoms with Crippen molar-refractivity contribution in [3.05, 3.63) is 40.2 Å². The van der Waals surface area contributed by atoms with Crippen molar-refractivity contribution in [3.8, 4) is 11.6 Å². The number of pyridine rings is 1. The van der Waals surface area contributed by atoms with Gasteiger partial charge >= 0.3 is 0 Å². The molecule has 6 heteroatoms. The van der Waals surface area contributed by atoms with Crippen LogP contribution in [-0.4, -0.2) is 14.6 Å². The summed E-state index contributed by atoms with van der Waals surface area (Å²) in [5.74, 6) is 1.21. The van der Waals surface area contributed by atoms with E-state index in [4.69, 9.17) is 16.0 Å². The minimum Gasteiger partial charge on any atom is -0.446 e. The number of rotatable bonds is 1. The topological polar surface area (TPSA) is 43.3 Å². The van der Waals surface area contributed by atoms with Crippen LogP contribution in [0.25, 0.3) is 17.2 Å². The predicted molar refractivity (Wildman–Crippen MR) is 63.4 cm³/mol. The van der Waals surface area contributed by atoms with Crippen LogP contribution < -0.4 is 0 Å². The molecule has 0 aliphatic rings. The molecule has 3 rings (SSSR count). The quantitative estimate of drug-likeness (QED) is 0.647. The first-order valence-electron chi connectivity index (χ1n) is 4.51. The first-order chi connectivity index (χ1) is 7.75. The number of halogens is 2. The highest BCUT2D eigenvalue weighted by atomic mass is 79.9. The highest BCUT2D eigenvalue weighted by Crippen LogP contribution is 2.26. The largest absolute Gasteiger partial charge is 0.446 e. The molecular weight excluding hydrogens is 293 g/mol. The third kappa shape index (κ3) is 1.44. The number of fused-ring (bicyclic) bond motifs is 1. The molecular formula is C10H5BrClN3O. The van der Waals surface area contributed by atoms with Crippen LogP contribution in [0.3, 0.4) is 0 Å². The molecule has 4 nitrogen and oxygen atoms in total. The Morgan fingerprint density at radius 2 is 2.06 bits per heavy atom. The maximum atomic E-state index is 6.09. The van der Waals surface area contributed by atoms with E-state index >= 15 is 0 Å². The van der Waals surface area contributed by atoms with Crippen molar-refractivity contribution < 1.29 is 4.42 Å². The van der Waals surface area contributed by atoms with Gasteiger partial charge in [-0.1, -0.05) is 17.7 Å². The molecule has 0 fully saturated rings. The Labute approximate surface area is 104 Å². The van der Waals surface area contributed by atoms with Crippen molar-refractivity contribution in [3.63, 3.8) is 0 Å². The highest BCUT2D eigenvalue weighted by Gasteiger charge is 2.13. The van der Waals surface area contributed by atoms with E-state index in [1.165, 1.54) is 0 Å². The van der Waals surface area contributed by atoms with Gasteiger partial charge in [0.2, 0.25) is 5.82 Å². The van der Waals surface area contributed by atoms with Crippen LogP contribution in [0.4, 0.5) is 0 Å². The second kappa shape index (κ2) is 3.61. The Kier molecular flexibility index (Phi) is 2.22. The van der Waals surface area contributed by atoms with Gasteiger partial charge in [-0.2, -0.15) is 0 Å². The molecule has 16 heavy (non-hydrogen) atoms. The van der Waals surface area contributed by atoms with Gasteiger partial charge in [-0.3, -0.25) is 4.40 Å². The van der Waals surface area contributed by atoms with Crippen LogP contribution in [0, 0.1) is 0 Å². The average Bonchev–Trinajstić information content (AvgIpc) is 2.84. The molecule has 3 heterocycles. The van der Waals surface area contributed by atoms with Crippen molar-refractivity contribution in [2.45, 2.75) is 0 Å². The van der Waals surface area contributed by atoms with Crippen LogP contribution >= 0.6 is 27.5 Å². The third-order valence-corrected chi connectivity index (χ3v) is 2.90. The molecule has 0 aromatic carbocycles. The van der Waals surface area contributed by atoms with Crippen LogP contribution in [-0.2, 0) is 0 Å². The maximum Gasteiger partial charge on any atom is 0.205 e. The SMILES string of the molecule is Clc1cccc2nnc(-c3ccc(Br)o3)n12. The van der Waals surface area contributed by atoms with E-state index in [0.29, 0.717) is 27.1 Å². The van der Waals surface area contributed by atoms with E-state index in [1.54, 1.807) is 16.5 Å². The number of furan rings is 1. The molecule has 0 unspecified atom stereocenters. The van der Waals surface area contributed by atoms with E-state index in [9.17, 15) is 0 Å². The molecule has 0 atom stereocenters. The highest BCUT2D eigenvalue weighted by molar-refractivity contribution is 9.10. The van der Waals surface area contributed by atoms with Crippen molar-refractivity contribution in [2.75, 3.05) is 0 Å². The Balaban J connectivity index is 2.32. The second-order valence-electron chi connectivity index (χ2n) is 3.17. The Morgan fingerprint density at radius 1 is 1.19 bits per heavy atom. The summed E-state index contributed by atoms with van der Waals surface area (Å²) in [7, 11) is 0. The van der Waals surface area contributed by atoms with E-state index in [1.807, 2.05) is 18.2 Å². The summed E-state index contributed by atoms with van der Waals surface area (Å²) >= 11 is 9.33. The molecule has 0 aliphatic carbocycles. The minimum atomic E-state index is 0.546. The number of hydrogen-bond acceptors (Lipinski definition) is 3. The third-order valence-electron chi connectivity index (χ3n) is 2.17. The summed E-state index contributed by atoms with van der Waals surface area (Å²) in [4.78, 5) is 0. The van der Waals surface area contributed by atoms with Gasteiger partial charge in [-0.05, 0) is 40.2 Å². The lowest BCUT2D eigenvalue weighted by atomic mass is 10.4. The summed E-state index contributed by atoms with van der Waals surface area (Å²) in [6.07, 6.45) is 0. The van der Waals surface area contributed by atoms with Crippen LogP contribution in [0.2, 0.25) is 5.15 Å². The van der Waals surface area contributed by atoms with Gasteiger partial charge in [-0.25, -0.2) is 0 Å². The molecule has 0 N–H and O–H groups in total. The van der Waals surface area contributed by atoms with Gasteiger partial charge in [0.05, 0.1) is 0 Å². The van der Waals surface area contributed by atoms with Crippen LogP contribution in [0.1, 0.15) is 0 Å². The lowest BCUT2D eigenvalue weighted by molar-refractivity contribution is 0.550.